The Kier molecular flexibility index (Phi) is 5.24. The highest BCUT2D eigenvalue weighted by molar-refractivity contribution is 7.89. The highest BCUT2D eigenvalue weighted by Gasteiger charge is 2.28. The normalized spacial score (nSPS) is 15.4. The average Bonchev–Trinajstić information content (AvgIpc) is 3.20. The van der Waals surface area contributed by atoms with Gasteiger partial charge in [0.15, 0.2) is 0 Å². The van der Waals surface area contributed by atoms with Gasteiger partial charge in [-0.05, 0) is 38.0 Å². The van der Waals surface area contributed by atoms with Crippen LogP contribution in [-0.2, 0) is 16.6 Å². The molecule has 21 heavy (non-hydrogen) atoms. The number of ether oxygens (including phenoxy) is 1. The third kappa shape index (κ3) is 4.69. The van der Waals surface area contributed by atoms with Crippen LogP contribution in [0.25, 0.3) is 0 Å². The first-order chi connectivity index (χ1) is 9.92. The zero-order chi connectivity index (χ0) is 15.5. The molecule has 6 heteroatoms. The summed E-state index contributed by atoms with van der Waals surface area (Å²) in [5.74, 6) is 0.732. The van der Waals surface area contributed by atoms with Crippen LogP contribution in [0.15, 0.2) is 23.1 Å². The second-order valence-electron chi connectivity index (χ2n) is 5.63. The van der Waals surface area contributed by atoms with Crippen LogP contribution >= 0.6 is 0 Å². The molecule has 1 saturated carbocycles. The molecule has 0 spiro atoms. The van der Waals surface area contributed by atoms with E-state index in [1.54, 1.807) is 18.2 Å². The maximum Gasteiger partial charge on any atom is 0.240 e. The number of nitrogens with one attached hydrogen (secondary N) is 2. The van der Waals surface area contributed by atoms with Crippen LogP contribution in [-0.4, -0.2) is 27.1 Å². The van der Waals surface area contributed by atoms with Crippen molar-refractivity contribution in [3.05, 3.63) is 23.8 Å². The van der Waals surface area contributed by atoms with E-state index >= 15 is 0 Å². The number of rotatable bonds is 8. The molecule has 1 aliphatic carbocycles. The molecule has 1 fully saturated rings. The number of hydrogen-bond acceptors (Lipinski definition) is 4. The molecule has 0 aliphatic heterocycles. The summed E-state index contributed by atoms with van der Waals surface area (Å²) in [6, 6.07) is 5.48. The van der Waals surface area contributed by atoms with Crippen LogP contribution in [0.2, 0.25) is 0 Å². The van der Waals surface area contributed by atoms with Gasteiger partial charge in [-0.25, -0.2) is 13.1 Å². The summed E-state index contributed by atoms with van der Waals surface area (Å²) in [6.07, 6.45) is 1.86. The molecule has 0 amide bonds. The smallest absolute Gasteiger partial charge is 0.240 e. The lowest BCUT2D eigenvalue weighted by atomic mass is 10.2. The van der Waals surface area contributed by atoms with Crippen molar-refractivity contribution in [2.75, 3.05) is 6.61 Å². The second kappa shape index (κ2) is 6.77. The van der Waals surface area contributed by atoms with Gasteiger partial charge in [0.25, 0.3) is 0 Å². The summed E-state index contributed by atoms with van der Waals surface area (Å²) in [6.45, 7) is 7.16. The van der Waals surface area contributed by atoms with Crippen molar-refractivity contribution in [1.82, 2.24) is 10.0 Å². The molecule has 0 saturated heterocycles. The molecule has 0 bridgehead atoms. The van der Waals surface area contributed by atoms with Gasteiger partial charge in [-0.2, -0.15) is 0 Å². The van der Waals surface area contributed by atoms with Gasteiger partial charge in [0, 0.05) is 24.2 Å². The van der Waals surface area contributed by atoms with Gasteiger partial charge >= 0.3 is 0 Å². The molecular weight excluding hydrogens is 288 g/mol. The molecule has 2 rings (SSSR count). The SMILES string of the molecule is CCOc1ccc(S(=O)(=O)NC2CC2)cc1CNC(C)C. The highest BCUT2D eigenvalue weighted by atomic mass is 32.2. The van der Waals surface area contributed by atoms with E-state index in [-0.39, 0.29) is 6.04 Å². The van der Waals surface area contributed by atoms with Gasteiger partial charge in [0.1, 0.15) is 5.75 Å². The minimum absolute atomic E-state index is 0.110. The number of benzene rings is 1. The zero-order valence-corrected chi connectivity index (χ0v) is 13.7. The molecule has 118 valence electrons. The van der Waals surface area contributed by atoms with Crippen LogP contribution in [0.1, 0.15) is 39.2 Å². The summed E-state index contributed by atoms with van der Waals surface area (Å²) in [5, 5.41) is 3.30. The van der Waals surface area contributed by atoms with Gasteiger partial charge in [-0.1, -0.05) is 13.8 Å². The van der Waals surface area contributed by atoms with Crippen molar-refractivity contribution < 1.29 is 13.2 Å². The molecule has 0 unspecified atom stereocenters. The molecule has 1 aliphatic rings. The molecule has 5 nitrogen and oxygen atoms in total. The Balaban J connectivity index is 2.24. The van der Waals surface area contributed by atoms with Crippen molar-refractivity contribution in [3.63, 3.8) is 0 Å². The zero-order valence-electron chi connectivity index (χ0n) is 12.8. The predicted octanol–water partition coefficient (Wildman–Crippen LogP) is 2.02. The van der Waals surface area contributed by atoms with Crippen LogP contribution in [0.3, 0.4) is 0 Å². The van der Waals surface area contributed by atoms with E-state index in [1.807, 2.05) is 6.92 Å². The summed E-state index contributed by atoms with van der Waals surface area (Å²) in [5.41, 5.74) is 0.865. The number of hydrogen-bond donors (Lipinski definition) is 2. The van der Waals surface area contributed by atoms with Crippen LogP contribution in [0, 0.1) is 0 Å². The fourth-order valence-electron chi connectivity index (χ4n) is 1.96. The van der Waals surface area contributed by atoms with Crippen molar-refractivity contribution in [3.8, 4) is 5.75 Å². The molecular formula is C15H24N2O3S. The summed E-state index contributed by atoms with van der Waals surface area (Å²) >= 11 is 0. The van der Waals surface area contributed by atoms with Crippen molar-refractivity contribution >= 4 is 10.0 Å². The van der Waals surface area contributed by atoms with E-state index in [1.165, 1.54) is 0 Å². The minimum Gasteiger partial charge on any atom is -0.494 e. The van der Waals surface area contributed by atoms with E-state index in [4.69, 9.17) is 4.74 Å². The van der Waals surface area contributed by atoms with Gasteiger partial charge in [0.05, 0.1) is 11.5 Å². The Bertz CT molecular complexity index is 581. The molecule has 1 aromatic carbocycles. The Morgan fingerprint density at radius 2 is 2.05 bits per heavy atom. The lowest BCUT2D eigenvalue weighted by Crippen LogP contribution is -2.26. The fraction of sp³-hybridized carbons (Fsp3) is 0.600. The predicted molar refractivity (Wildman–Crippen MR) is 82.9 cm³/mol. The monoisotopic (exact) mass is 312 g/mol. The molecule has 0 aromatic heterocycles. The maximum atomic E-state index is 12.3. The third-order valence-electron chi connectivity index (χ3n) is 3.24. The molecule has 0 heterocycles. The maximum absolute atomic E-state index is 12.3. The topological polar surface area (TPSA) is 67.4 Å². The highest BCUT2D eigenvalue weighted by Crippen LogP contribution is 2.26. The quantitative estimate of drug-likeness (QED) is 0.771. The van der Waals surface area contributed by atoms with Gasteiger partial charge in [-0.3, -0.25) is 0 Å². The van der Waals surface area contributed by atoms with Crippen molar-refractivity contribution in [2.24, 2.45) is 0 Å². The Morgan fingerprint density at radius 1 is 1.33 bits per heavy atom. The van der Waals surface area contributed by atoms with Crippen molar-refractivity contribution in [1.29, 1.82) is 0 Å². The van der Waals surface area contributed by atoms with Crippen molar-refractivity contribution in [2.45, 2.75) is 57.1 Å². The second-order valence-corrected chi connectivity index (χ2v) is 7.35. The number of sulfonamides is 1. The standard InChI is InChI=1S/C15H24N2O3S/c1-4-20-15-8-7-14(9-12(15)10-16-11(2)3)21(18,19)17-13-5-6-13/h7-9,11,13,16-17H,4-6,10H2,1-3H3. The minimum atomic E-state index is -3.42. The Hall–Kier alpha value is -1.11. The summed E-state index contributed by atoms with van der Waals surface area (Å²) < 4.78 is 32.8. The third-order valence-corrected chi connectivity index (χ3v) is 4.76. The fourth-order valence-corrected chi connectivity index (χ4v) is 3.32. The summed E-state index contributed by atoms with van der Waals surface area (Å²) in [7, 11) is -3.42. The lowest BCUT2D eigenvalue weighted by molar-refractivity contribution is 0.334. The van der Waals surface area contributed by atoms with E-state index < -0.39 is 10.0 Å². The molecule has 0 radical (unpaired) electrons. The molecule has 1 aromatic rings. The van der Waals surface area contributed by atoms with Crippen LogP contribution in [0.5, 0.6) is 5.75 Å². The van der Waals surface area contributed by atoms with Gasteiger partial charge < -0.3 is 10.1 Å². The average molecular weight is 312 g/mol. The van der Waals surface area contributed by atoms with Crippen LogP contribution < -0.4 is 14.8 Å². The first kappa shape index (κ1) is 16.3. The first-order valence-electron chi connectivity index (χ1n) is 7.44. The van der Waals surface area contributed by atoms with Gasteiger partial charge in [0.2, 0.25) is 10.0 Å². The summed E-state index contributed by atoms with van der Waals surface area (Å²) in [4.78, 5) is 0.304. The van der Waals surface area contributed by atoms with E-state index in [0.717, 1.165) is 24.2 Å². The Morgan fingerprint density at radius 3 is 2.62 bits per heavy atom. The van der Waals surface area contributed by atoms with E-state index in [2.05, 4.69) is 23.9 Å². The van der Waals surface area contributed by atoms with Gasteiger partial charge in [-0.15, -0.1) is 0 Å². The largest absolute Gasteiger partial charge is 0.494 e. The molecule has 0 atom stereocenters. The van der Waals surface area contributed by atoms with Crippen LogP contribution in [0.4, 0.5) is 0 Å². The van der Waals surface area contributed by atoms with E-state index in [9.17, 15) is 8.42 Å². The first-order valence-corrected chi connectivity index (χ1v) is 8.92. The van der Waals surface area contributed by atoms with E-state index in [0.29, 0.717) is 24.1 Å². The molecule has 2 N–H and O–H groups in total. The lowest BCUT2D eigenvalue weighted by Gasteiger charge is -2.15. The Labute approximate surface area is 127 Å².